The second kappa shape index (κ2) is 8.67. The molecular formula is C22H28ClN5O. The number of nitrogen functional groups attached to an aromatic ring is 1. The van der Waals surface area contributed by atoms with Gasteiger partial charge in [-0.15, -0.1) is 0 Å². The Kier molecular flexibility index (Phi) is 6.01. The predicted octanol–water partition coefficient (Wildman–Crippen LogP) is 3.43. The van der Waals surface area contributed by atoms with Gasteiger partial charge in [0.05, 0.1) is 5.69 Å². The van der Waals surface area contributed by atoms with Gasteiger partial charge in [0, 0.05) is 41.7 Å². The number of anilines is 1. The number of piperidine rings is 2. The first-order chi connectivity index (χ1) is 14.0. The highest BCUT2D eigenvalue weighted by Gasteiger charge is 2.32. The molecule has 1 aromatic heterocycles. The average Bonchev–Trinajstić information content (AvgIpc) is 2.74. The van der Waals surface area contributed by atoms with E-state index in [0.717, 1.165) is 62.1 Å². The van der Waals surface area contributed by atoms with Gasteiger partial charge in [-0.25, -0.2) is 9.97 Å². The molecule has 1 atom stereocenters. The highest BCUT2D eigenvalue weighted by molar-refractivity contribution is 6.30. The largest absolute Gasteiger partial charge is 0.368 e. The molecule has 4 rings (SSSR count). The number of hydrogen-bond acceptors (Lipinski definition) is 5. The molecule has 2 fully saturated rings. The van der Waals surface area contributed by atoms with Crippen LogP contribution in [0.2, 0.25) is 5.02 Å². The molecule has 2 saturated heterocycles. The number of rotatable bonds is 3. The monoisotopic (exact) mass is 413 g/mol. The van der Waals surface area contributed by atoms with Gasteiger partial charge in [0.1, 0.15) is 0 Å². The quantitative estimate of drug-likeness (QED) is 0.834. The fourth-order valence-electron chi connectivity index (χ4n) is 4.49. The van der Waals surface area contributed by atoms with E-state index in [-0.39, 0.29) is 17.8 Å². The van der Waals surface area contributed by atoms with Gasteiger partial charge in [0.15, 0.2) is 0 Å². The molecule has 3 heterocycles. The van der Waals surface area contributed by atoms with Gasteiger partial charge >= 0.3 is 0 Å². The number of carbonyl (C=O) groups is 1. The molecule has 154 valence electrons. The van der Waals surface area contributed by atoms with Crippen LogP contribution in [0.25, 0.3) is 11.1 Å². The smallest absolute Gasteiger partial charge is 0.225 e. The van der Waals surface area contributed by atoms with Gasteiger partial charge in [-0.1, -0.05) is 23.7 Å². The van der Waals surface area contributed by atoms with Crippen molar-refractivity contribution >= 4 is 23.5 Å². The first-order valence-electron chi connectivity index (χ1n) is 10.4. The van der Waals surface area contributed by atoms with E-state index in [4.69, 9.17) is 17.3 Å². The number of benzene rings is 1. The Labute approximate surface area is 177 Å². The Hall–Kier alpha value is -2.18. The maximum absolute atomic E-state index is 13.1. The number of amides is 1. The van der Waals surface area contributed by atoms with E-state index in [0.29, 0.717) is 17.5 Å². The number of nitrogens with zero attached hydrogens (tertiary/aromatic N) is 4. The third-order valence-electron chi connectivity index (χ3n) is 6.18. The molecule has 1 amide bonds. The van der Waals surface area contributed by atoms with Crippen molar-refractivity contribution in [3.8, 4) is 11.1 Å². The Bertz CT molecular complexity index is 864. The lowest BCUT2D eigenvalue weighted by molar-refractivity contribution is -0.138. The van der Waals surface area contributed by atoms with Gasteiger partial charge in [0.25, 0.3) is 0 Å². The van der Waals surface area contributed by atoms with E-state index in [1.807, 2.05) is 29.2 Å². The summed E-state index contributed by atoms with van der Waals surface area (Å²) in [5.74, 6) is 0.889. The summed E-state index contributed by atoms with van der Waals surface area (Å²) in [6.07, 6.45) is 5.67. The van der Waals surface area contributed by atoms with E-state index >= 15 is 0 Å². The SMILES string of the molecule is CN1CCC(C(=O)N2CCC[C@H](c3nc(N)ncc3-c3ccc(Cl)cc3)C2)CC1. The molecule has 6 nitrogen and oxygen atoms in total. The van der Waals surface area contributed by atoms with Crippen LogP contribution in [0.4, 0.5) is 5.95 Å². The molecule has 0 unspecified atom stereocenters. The maximum atomic E-state index is 13.1. The predicted molar refractivity (Wildman–Crippen MR) is 116 cm³/mol. The van der Waals surface area contributed by atoms with Crippen LogP contribution in [0, 0.1) is 5.92 Å². The number of halogens is 1. The number of carbonyl (C=O) groups excluding carboxylic acids is 1. The molecule has 1 aromatic carbocycles. The summed E-state index contributed by atoms with van der Waals surface area (Å²) in [6.45, 7) is 3.52. The second-order valence-corrected chi connectivity index (χ2v) is 8.67. The summed E-state index contributed by atoms with van der Waals surface area (Å²) in [5.41, 5.74) is 8.85. The summed E-state index contributed by atoms with van der Waals surface area (Å²) in [5, 5.41) is 0.694. The summed E-state index contributed by atoms with van der Waals surface area (Å²) in [6, 6.07) is 7.69. The van der Waals surface area contributed by atoms with E-state index < -0.39 is 0 Å². The molecule has 2 N–H and O–H groups in total. The van der Waals surface area contributed by atoms with Crippen molar-refractivity contribution in [1.29, 1.82) is 0 Å². The van der Waals surface area contributed by atoms with Crippen LogP contribution in [0.1, 0.15) is 37.3 Å². The lowest BCUT2D eigenvalue weighted by Crippen LogP contribution is -2.45. The van der Waals surface area contributed by atoms with E-state index in [2.05, 4.69) is 21.9 Å². The van der Waals surface area contributed by atoms with Crippen LogP contribution in [0.15, 0.2) is 30.5 Å². The number of nitrogens with two attached hydrogens (primary N) is 1. The van der Waals surface area contributed by atoms with Crippen LogP contribution in [0.3, 0.4) is 0 Å². The standard InChI is InChI=1S/C22H28ClN5O/c1-27-11-8-16(9-12-27)21(29)28-10-2-3-17(14-28)20-19(13-25-22(24)26-20)15-4-6-18(23)7-5-15/h4-7,13,16-17H,2-3,8-12,14H2,1H3,(H2,24,25,26)/t17-/m0/s1. The molecule has 2 aliphatic rings. The van der Waals surface area contributed by atoms with Crippen LogP contribution >= 0.6 is 11.6 Å². The first-order valence-corrected chi connectivity index (χ1v) is 10.7. The number of aromatic nitrogens is 2. The lowest BCUT2D eigenvalue weighted by atomic mass is 9.88. The highest BCUT2D eigenvalue weighted by atomic mass is 35.5. The van der Waals surface area contributed by atoms with Gasteiger partial charge in [-0.05, 0) is 63.5 Å². The molecule has 0 aliphatic carbocycles. The first kappa shape index (κ1) is 20.1. The molecule has 0 radical (unpaired) electrons. The third-order valence-corrected chi connectivity index (χ3v) is 6.43. The van der Waals surface area contributed by atoms with Crippen molar-refractivity contribution in [2.45, 2.75) is 31.6 Å². The fraction of sp³-hybridized carbons (Fsp3) is 0.500. The zero-order valence-electron chi connectivity index (χ0n) is 16.9. The molecule has 29 heavy (non-hydrogen) atoms. The zero-order valence-corrected chi connectivity index (χ0v) is 17.6. The second-order valence-electron chi connectivity index (χ2n) is 8.23. The third kappa shape index (κ3) is 4.54. The topological polar surface area (TPSA) is 75.4 Å². The number of likely N-dealkylation sites (tertiary alicyclic amines) is 2. The highest BCUT2D eigenvalue weighted by Crippen LogP contribution is 2.34. The molecule has 7 heteroatoms. The van der Waals surface area contributed by atoms with Crippen molar-refractivity contribution in [3.05, 3.63) is 41.2 Å². The molecule has 0 bridgehead atoms. The van der Waals surface area contributed by atoms with Crippen LogP contribution < -0.4 is 5.73 Å². The Morgan fingerprint density at radius 2 is 1.86 bits per heavy atom. The van der Waals surface area contributed by atoms with Gasteiger partial charge in [-0.3, -0.25) is 4.79 Å². The van der Waals surface area contributed by atoms with Crippen LogP contribution in [0.5, 0.6) is 0 Å². The van der Waals surface area contributed by atoms with Gasteiger partial charge in [0.2, 0.25) is 11.9 Å². The molecular weight excluding hydrogens is 386 g/mol. The Balaban J connectivity index is 1.56. The minimum atomic E-state index is 0.149. The van der Waals surface area contributed by atoms with E-state index in [9.17, 15) is 4.79 Å². The molecule has 0 spiro atoms. The zero-order chi connectivity index (χ0) is 20.4. The number of hydrogen-bond donors (Lipinski definition) is 1. The Morgan fingerprint density at radius 1 is 1.14 bits per heavy atom. The Morgan fingerprint density at radius 3 is 2.59 bits per heavy atom. The van der Waals surface area contributed by atoms with E-state index in [1.54, 1.807) is 6.20 Å². The van der Waals surface area contributed by atoms with Crippen molar-refractivity contribution in [3.63, 3.8) is 0 Å². The fourth-order valence-corrected chi connectivity index (χ4v) is 4.61. The van der Waals surface area contributed by atoms with Crippen molar-refractivity contribution in [2.75, 3.05) is 39.0 Å². The van der Waals surface area contributed by atoms with Crippen LogP contribution in [-0.2, 0) is 4.79 Å². The minimum Gasteiger partial charge on any atom is -0.368 e. The van der Waals surface area contributed by atoms with E-state index in [1.165, 1.54) is 0 Å². The van der Waals surface area contributed by atoms with Gasteiger partial charge < -0.3 is 15.5 Å². The maximum Gasteiger partial charge on any atom is 0.225 e. The minimum absolute atomic E-state index is 0.149. The lowest BCUT2D eigenvalue weighted by Gasteiger charge is -2.37. The summed E-state index contributed by atoms with van der Waals surface area (Å²) in [7, 11) is 2.12. The summed E-state index contributed by atoms with van der Waals surface area (Å²) >= 11 is 6.05. The normalized spacial score (nSPS) is 21.3. The van der Waals surface area contributed by atoms with Crippen molar-refractivity contribution in [2.24, 2.45) is 5.92 Å². The molecule has 0 saturated carbocycles. The van der Waals surface area contributed by atoms with Crippen LogP contribution in [-0.4, -0.2) is 58.9 Å². The van der Waals surface area contributed by atoms with Crippen molar-refractivity contribution in [1.82, 2.24) is 19.8 Å². The van der Waals surface area contributed by atoms with Gasteiger partial charge in [-0.2, -0.15) is 0 Å². The summed E-state index contributed by atoms with van der Waals surface area (Å²) in [4.78, 5) is 26.3. The summed E-state index contributed by atoms with van der Waals surface area (Å²) < 4.78 is 0. The molecule has 2 aliphatic heterocycles. The van der Waals surface area contributed by atoms with Crippen molar-refractivity contribution < 1.29 is 4.79 Å². The molecule has 2 aromatic rings. The average molecular weight is 414 g/mol.